The van der Waals surface area contributed by atoms with E-state index in [4.69, 9.17) is 33.2 Å². The van der Waals surface area contributed by atoms with E-state index >= 15 is 4.79 Å². The third kappa shape index (κ3) is 77.7. The predicted octanol–water partition coefficient (Wildman–Crippen LogP) is 27.9. The van der Waals surface area contributed by atoms with Crippen LogP contribution in [-0.4, -0.2) is 106 Å². The van der Waals surface area contributed by atoms with Crippen LogP contribution in [0, 0.1) is 34.5 Å². The van der Waals surface area contributed by atoms with E-state index in [2.05, 4.69) is 44.9 Å². The molecule has 0 fully saturated rings. The molecule has 0 aliphatic carbocycles. The second-order valence-corrected chi connectivity index (χ2v) is 40.7. The van der Waals surface area contributed by atoms with E-state index in [1.54, 1.807) is 0 Å². The topological polar surface area (TPSA) is 267 Å². The highest BCUT2D eigenvalue weighted by atomic mass is 16.6. The Hall–Kier alpha value is -3.83. The van der Waals surface area contributed by atoms with Crippen molar-refractivity contribution in [2.24, 2.45) is 34.5 Å². The van der Waals surface area contributed by atoms with E-state index < -0.39 is 94.6 Å². The quantitative estimate of drug-likeness (QED) is 0.0290. The summed E-state index contributed by atoms with van der Waals surface area (Å²) >= 11 is 0. The number of ether oxygens (including phenoxy) is 7. The number of quaternary nitrogens is 3. The monoisotopic (exact) mass is 1790 g/mol. The minimum atomic E-state index is -1.09. The zero-order valence-corrected chi connectivity index (χ0v) is 85.1. The van der Waals surface area contributed by atoms with Gasteiger partial charge in [0.2, 0.25) is 0 Å². The van der Waals surface area contributed by atoms with Crippen molar-refractivity contribution in [3.8, 4) is 0 Å². The van der Waals surface area contributed by atoms with Gasteiger partial charge in [0.1, 0.15) is 18.3 Å². The fraction of sp³-hybridized carbons (Fsp3) is 0.936. The van der Waals surface area contributed by atoms with Crippen LogP contribution in [0.5, 0.6) is 0 Å². The molecule has 17 nitrogen and oxygen atoms in total. The molecule has 17 heteroatoms. The molecule has 7 atom stereocenters. The standard InChI is InChI=1S/C109H209N3O14/c1-11-15-19-23-27-31-35-39-43-47-51-55-59-63-67-71-78-101(113)124-96(90-95(105(117)121-86-76-82-111)91-99(108(5,6)7)106(118)122-84-74-70-66-62-58-54-50-46-42-38-34-30-26-22-18-14-4)88-94(104(116)120-85-75-81-110)89-97(125-102(114)79-72-68-64-60-56-52-48-44-40-36-32-28-24-20-16-12-2)92-98(93-100(109(8,9)10)107(119)123-87-77-83-112)126-103(115)80-73-69-65-61-57-53-49-45-41-37-33-29-25-21-17-13-3/h94-100H,11-93,110-112H2,1-10H3/p+3. The summed E-state index contributed by atoms with van der Waals surface area (Å²) in [6.45, 7) is 23.2. The van der Waals surface area contributed by atoms with Gasteiger partial charge in [-0.3, -0.25) is 33.6 Å². The van der Waals surface area contributed by atoms with Crippen molar-refractivity contribution in [1.82, 2.24) is 0 Å². The van der Waals surface area contributed by atoms with Crippen molar-refractivity contribution >= 4 is 41.8 Å². The van der Waals surface area contributed by atoms with Gasteiger partial charge in [0.15, 0.2) is 0 Å². The molecular weight excluding hydrogens is 1580 g/mol. The van der Waals surface area contributed by atoms with Gasteiger partial charge in [0.25, 0.3) is 0 Å². The lowest BCUT2D eigenvalue weighted by Crippen LogP contribution is -2.50. The van der Waals surface area contributed by atoms with Gasteiger partial charge >= 0.3 is 41.8 Å². The summed E-state index contributed by atoms with van der Waals surface area (Å²) in [5.74, 6) is -6.83. The molecule has 0 aromatic rings. The molecule has 7 unspecified atom stereocenters. The molecular formula is C109H212N3O14+3. The van der Waals surface area contributed by atoms with Gasteiger partial charge in [0, 0.05) is 44.9 Å². The molecule has 0 amide bonds. The minimum absolute atomic E-state index is 0.0368. The Labute approximate surface area is 777 Å². The maximum atomic E-state index is 15.3. The van der Waals surface area contributed by atoms with E-state index in [0.717, 1.165) is 96.3 Å². The van der Waals surface area contributed by atoms with E-state index in [-0.39, 0.29) is 84.2 Å². The highest BCUT2D eigenvalue weighted by molar-refractivity contribution is 5.77. The van der Waals surface area contributed by atoms with Crippen LogP contribution in [0.4, 0.5) is 0 Å². The van der Waals surface area contributed by atoms with Crippen molar-refractivity contribution in [2.75, 3.05) is 46.1 Å². The summed E-state index contributed by atoms with van der Waals surface area (Å²) in [5.41, 5.74) is 10.7. The van der Waals surface area contributed by atoms with Crippen molar-refractivity contribution in [3.63, 3.8) is 0 Å². The minimum Gasteiger partial charge on any atom is -0.465 e. The predicted molar refractivity (Wildman–Crippen MR) is 523 cm³/mol. The Morgan fingerprint density at radius 2 is 0.381 bits per heavy atom. The summed E-state index contributed by atoms with van der Waals surface area (Å²) in [7, 11) is 0. The Bertz CT molecular complexity index is 2470. The van der Waals surface area contributed by atoms with Crippen LogP contribution in [0.3, 0.4) is 0 Å². The van der Waals surface area contributed by atoms with Gasteiger partial charge < -0.3 is 50.4 Å². The van der Waals surface area contributed by atoms with Gasteiger partial charge in [-0.25, -0.2) is 0 Å². The lowest BCUT2D eigenvalue weighted by atomic mass is 9.74. The normalized spacial score (nSPS) is 13.5. The maximum absolute atomic E-state index is 15.3. The Balaban J connectivity index is 7.61. The van der Waals surface area contributed by atoms with Crippen LogP contribution in [0.2, 0.25) is 0 Å². The molecule has 0 saturated carbocycles. The molecule has 0 aromatic heterocycles. The van der Waals surface area contributed by atoms with E-state index in [1.807, 2.05) is 41.5 Å². The first-order chi connectivity index (χ1) is 61.1. The fourth-order valence-electron chi connectivity index (χ4n) is 17.8. The smallest absolute Gasteiger partial charge is 0.309 e. The van der Waals surface area contributed by atoms with Crippen LogP contribution < -0.4 is 17.2 Å². The number of rotatable bonds is 96. The summed E-state index contributed by atoms with van der Waals surface area (Å²) in [4.78, 5) is 103. The summed E-state index contributed by atoms with van der Waals surface area (Å²) < 4.78 is 44.3. The molecule has 0 aliphatic heterocycles. The number of carbonyl (C=O) groups is 7. The molecule has 0 spiro atoms. The third-order valence-corrected chi connectivity index (χ3v) is 26.3. The fourth-order valence-corrected chi connectivity index (χ4v) is 17.8. The van der Waals surface area contributed by atoms with Gasteiger partial charge in [-0.2, -0.15) is 0 Å². The molecule has 744 valence electrons. The van der Waals surface area contributed by atoms with E-state index in [9.17, 15) is 28.8 Å². The Kier molecular flexibility index (Phi) is 86.4. The van der Waals surface area contributed by atoms with Gasteiger partial charge in [-0.15, -0.1) is 0 Å². The highest BCUT2D eigenvalue weighted by Gasteiger charge is 2.42. The maximum Gasteiger partial charge on any atom is 0.309 e. The second-order valence-electron chi connectivity index (χ2n) is 40.7. The average Bonchev–Trinajstić information content (AvgIpc) is 0.837. The molecule has 0 radical (unpaired) electrons. The highest BCUT2D eigenvalue weighted by Crippen LogP contribution is 2.39. The lowest BCUT2D eigenvalue weighted by molar-refractivity contribution is -0.369. The van der Waals surface area contributed by atoms with Gasteiger partial charge in [-0.1, -0.05) is 454 Å². The van der Waals surface area contributed by atoms with Gasteiger partial charge in [-0.05, 0) is 68.6 Å². The SMILES string of the molecule is CCCCCCCCCCCCCCCCCCOC(=O)C(CC(CC(CC(CC(CC(CC(C(=O)OCCC[NH3+])C(C)(C)C)OC(=O)CCCCCCCCCCCCCCCCCC)OC(=O)CCCCCCCCCCCCCCCCCC)C(=O)OCCC[NH3+])OC(=O)CCCCCCCCCCCCCCCCCC)C(=O)OCCC[NH3+])C(C)(C)C. The molecule has 9 N–H and O–H groups in total. The first-order valence-corrected chi connectivity index (χ1v) is 54.7. The van der Waals surface area contributed by atoms with Crippen LogP contribution in [-0.2, 0) is 66.7 Å². The first kappa shape index (κ1) is 122. The summed E-state index contributed by atoms with van der Waals surface area (Å²) in [6, 6.07) is 0. The third-order valence-electron chi connectivity index (χ3n) is 26.3. The molecule has 0 rings (SSSR count). The number of unbranched alkanes of at least 4 members (excludes halogenated alkanes) is 60. The zero-order chi connectivity index (χ0) is 92.7. The summed E-state index contributed by atoms with van der Waals surface area (Å²) in [5, 5.41) is 0. The van der Waals surface area contributed by atoms with E-state index in [1.165, 1.54) is 295 Å². The molecule has 0 bridgehead atoms. The molecule has 0 aromatic carbocycles. The number of hydrogen-bond donors (Lipinski definition) is 3. The Morgan fingerprint density at radius 1 is 0.206 bits per heavy atom. The number of carbonyl (C=O) groups excluding carboxylic acids is 7. The summed E-state index contributed by atoms with van der Waals surface area (Å²) in [6.07, 6.45) is 75.9. The van der Waals surface area contributed by atoms with Crippen molar-refractivity contribution < 1.29 is 83.9 Å². The van der Waals surface area contributed by atoms with E-state index in [0.29, 0.717) is 58.2 Å². The Morgan fingerprint density at radius 3 is 0.603 bits per heavy atom. The van der Waals surface area contributed by atoms with Crippen LogP contribution >= 0.6 is 0 Å². The van der Waals surface area contributed by atoms with Crippen LogP contribution in [0.25, 0.3) is 0 Å². The van der Waals surface area contributed by atoms with Crippen molar-refractivity contribution in [1.29, 1.82) is 0 Å². The van der Waals surface area contributed by atoms with Crippen molar-refractivity contribution in [2.45, 2.75) is 576 Å². The zero-order valence-electron chi connectivity index (χ0n) is 85.1. The van der Waals surface area contributed by atoms with Crippen molar-refractivity contribution in [3.05, 3.63) is 0 Å². The second kappa shape index (κ2) is 89.1. The molecule has 0 saturated heterocycles. The first-order valence-electron chi connectivity index (χ1n) is 54.7. The molecule has 0 heterocycles. The number of hydrogen-bond acceptors (Lipinski definition) is 14. The largest absolute Gasteiger partial charge is 0.465 e. The van der Waals surface area contributed by atoms with Crippen LogP contribution in [0.1, 0.15) is 557 Å². The number of esters is 7. The molecule has 0 aliphatic rings. The average molecular weight is 1790 g/mol. The molecule has 126 heavy (non-hydrogen) atoms. The van der Waals surface area contributed by atoms with Crippen LogP contribution in [0.15, 0.2) is 0 Å². The van der Waals surface area contributed by atoms with Gasteiger partial charge in [0.05, 0.1) is 69.7 Å². The lowest BCUT2D eigenvalue weighted by Gasteiger charge is -2.34.